The lowest BCUT2D eigenvalue weighted by Gasteiger charge is -2.42. The van der Waals surface area contributed by atoms with Crippen LogP contribution in [0.3, 0.4) is 0 Å². The third-order valence-corrected chi connectivity index (χ3v) is 12.5. The van der Waals surface area contributed by atoms with Gasteiger partial charge in [-0.05, 0) is 140 Å². The van der Waals surface area contributed by atoms with E-state index in [2.05, 4.69) is 27.1 Å². The Morgan fingerprint density at radius 2 is 1.28 bits per heavy atom. The fourth-order valence-electron chi connectivity index (χ4n) is 9.10. The zero-order chi connectivity index (χ0) is 73.5. The SMILES string of the molecule is [2H]c1c([2H])c([2H])c(-c2cc(-c3c([2H])c([2H])c4c(c3[2H])C(C([2H])([2H])[2H])(C([2H])([2H])[2H])C([2H])([2H])C([2H])([2H])C4(C([2H])([2H])[2H])C([2H])([2H])[2H])cc(-c3c([2H])c([2H])c([2H])c([2H])c3[2H])c2-[n+]2[c-]n(-c3cccc(Oc4ccc5c6ccccc6n(-c6cc(C(C)(C)C)ccn6)c5c4)c3)c3ccccc32)c([2H])c1[2H]. The van der Waals surface area contributed by atoms with Gasteiger partial charge in [-0.15, -0.1) is 0 Å². The molecule has 0 fully saturated rings. The summed E-state index contributed by atoms with van der Waals surface area (Å²) in [5.41, 5.74) is -14.5. The van der Waals surface area contributed by atoms with Crippen LogP contribution in [-0.4, -0.2) is 14.1 Å². The van der Waals surface area contributed by atoms with Gasteiger partial charge in [-0.3, -0.25) is 13.7 Å². The Hall–Kier alpha value is -8.02. The summed E-state index contributed by atoms with van der Waals surface area (Å²) in [6.07, 6.45) is -4.39. The molecule has 1 aliphatic rings. The summed E-state index contributed by atoms with van der Waals surface area (Å²) in [4.78, 5) is 4.79. The summed E-state index contributed by atoms with van der Waals surface area (Å²) in [6.45, 7) is -11.4. The van der Waals surface area contributed by atoms with Crippen LogP contribution in [0.5, 0.6) is 11.5 Å². The van der Waals surface area contributed by atoms with Crippen LogP contribution >= 0.6 is 0 Å². The van der Waals surface area contributed by atoms with Crippen LogP contribution in [0, 0.1) is 6.33 Å². The molecule has 11 aromatic rings. The molecular weight excluding hydrogens is 865 g/mol. The van der Waals surface area contributed by atoms with E-state index in [4.69, 9.17) is 34.4 Å². The van der Waals surface area contributed by atoms with Crippen LogP contribution in [0.1, 0.15) is 117 Å². The zero-order valence-corrected chi connectivity index (χ0v) is 38.2. The first-order valence-corrected chi connectivity index (χ1v) is 22.5. The van der Waals surface area contributed by atoms with Gasteiger partial charge in [0.15, 0.2) is 0 Å². The number of ether oxygens (including phenoxy) is 1. The van der Waals surface area contributed by atoms with E-state index in [1.54, 1.807) is 60.8 Å². The lowest BCUT2D eigenvalue weighted by molar-refractivity contribution is -0.571. The zero-order valence-electron chi connectivity index (χ0n) is 67.2. The Morgan fingerprint density at radius 1 is 0.620 bits per heavy atom. The molecule has 8 aromatic carbocycles. The average Bonchev–Trinajstić information content (AvgIpc) is 0.729. The minimum absolute atomic E-state index is 0.137. The molecule has 0 spiro atoms. The molecule has 5 nitrogen and oxygen atoms in total. The Morgan fingerprint density at radius 3 is 2.00 bits per heavy atom. The van der Waals surface area contributed by atoms with Crippen molar-refractivity contribution in [2.75, 3.05) is 0 Å². The largest absolute Gasteiger partial charge is 0.458 e. The van der Waals surface area contributed by atoms with Crippen LogP contribution in [0.2, 0.25) is 0 Å². The van der Waals surface area contributed by atoms with Gasteiger partial charge in [0.25, 0.3) is 6.33 Å². The van der Waals surface area contributed by atoms with Crippen molar-refractivity contribution in [3.8, 4) is 62.1 Å². The average molecular weight is 952 g/mol. The normalized spacial score (nSPS) is 22.3. The van der Waals surface area contributed by atoms with Gasteiger partial charge in [-0.2, -0.15) is 0 Å². The number of para-hydroxylation sites is 3. The molecule has 0 atom stereocenters. The number of pyridine rings is 1. The Bertz CT molecular complexity index is 5110. The second kappa shape index (κ2) is 16.8. The van der Waals surface area contributed by atoms with Crippen LogP contribution in [-0.2, 0) is 16.2 Å². The summed E-state index contributed by atoms with van der Waals surface area (Å²) >= 11 is 0. The third-order valence-electron chi connectivity index (χ3n) is 12.5. The van der Waals surface area contributed by atoms with E-state index in [-0.39, 0.29) is 16.7 Å². The molecule has 3 aromatic heterocycles. The van der Waals surface area contributed by atoms with Crippen molar-refractivity contribution in [3.63, 3.8) is 0 Å². The smallest absolute Gasteiger partial charge is 0.269 e. The van der Waals surface area contributed by atoms with E-state index in [0.717, 1.165) is 39.5 Å². The second-order valence-corrected chi connectivity index (χ2v) is 18.2. The van der Waals surface area contributed by atoms with Crippen LogP contribution in [0.15, 0.2) is 200 Å². The van der Waals surface area contributed by atoms with Gasteiger partial charge in [0.2, 0.25) is 0 Å². The Labute approximate surface area is 458 Å². The fourth-order valence-corrected chi connectivity index (χ4v) is 9.10. The molecule has 0 N–H and O–H groups in total. The van der Waals surface area contributed by atoms with Crippen LogP contribution in [0.25, 0.3) is 83.4 Å². The number of fused-ring (bicyclic) bond motifs is 5. The number of nitrogens with zero attached hydrogens (tertiary/aromatic N) is 4. The third kappa shape index (κ3) is 7.81. The van der Waals surface area contributed by atoms with E-state index in [0.29, 0.717) is 22.8 Å². The summed E-state index contributed by atoms with van der Waals surface area (Å²) in [7, 11) is 0. The Balaban J connectivity index is 1.19. The van der Waals surface area contributed by atoms with Crippen molar-refractivity contribution in [2.24, 2.45) is 0 Å². The summed E-state index contributed by atoms with van der Waals surface area (Å²) in [5, 5.41) is 1.87. The molecular formula is C66H58N4O. The lowest BCUT2D eigenvalue weighted by Crippen LogP contribution is -2.33. The predicted molar refractivity (Wildman–Crippen MR) is 293 cm³/mol. The van der Waals surface area contributed by atoms with E-state index in [9.17, 15) is 15.1 Å². The second-order valence-electron chi connectivity index (χ2n) is 18.2. The first-order chi connectivity index (χ1) is 46.3. The number of aromatic nitrogens is 4. The van der Waals surface area contributed by atoms with Gasteiger partial charge in [-0.25, -0.2) is 4.98 Å². The first-order valence-electron chi connectivity index (χ1n) is 37.0. The van der Waals surface area contributed by atoms with Gasteiger partial charge >= 0.3 is 0 Å². The summed E-state index contributed by atoms with van der Waals surface area (Å²) < 4.78 is 277. The molecule has 0 unspecified atom stereocenters. The van der Waals surface area contributed by atoms with Crippen molar-refractivity contribution >= 4 is 32.8 Å². The number of imidazole rings is 1. The summed E-state index contributed by atoms with van der Waals surface area (Å²) in [5.74, 6) is 1.36. The van der Waals surface area contributed by atoms with E-state index in [1.807, 2.05) is 53.1 Å². The number of hydrogen-bond donors (Lipinski definition) is 0. The molecule has 1 aliphatic carbocycles. The minimum Gasteiger partial charge on any atom is -0.458 e. The Kier molecular flexibility index (Phi) is 5.41. The molecule has 71 heavy (non-hydrogen) atoms. The minimum atomic E-state index is -4.73. The fraction of sp³-hybridized carbons (Fsp3) is 0.182. The molecule has 0 saturated heterocycles. The molecule has 0 aliphatic heterocycles. The van der Waals surface area contributed by atoms with Gasteiger partial charge < -0.3 is 4.74 Å². The number of hydrogen-bond acceptors (Lipinski definition) is 2. The monoisotopic (exact) mass is 952 g/mol. The van der Waals surface area contributed by atoms with Gasteiger partial charge in [0.05, 0.1) is 51.3 Å². The van der Waals surface area contributed by atoms with Crippen molar-refractivity contribution in [2.45, 2.75) is 77.2 Å². The van der Waals surface area contributed by atoms with E-state index in [1.165, 1.54) is 9.13 Å². The highest BCUT2D eigenvalue weighted by Crippen LogP contribution is 2.48. The molecule has 12 rings (SSSR count). The van der Waals surface area contributed by atoms with Gasteiger partial charge in [0, 0.05) is 45.0 Å². The molecule has 348 valence electrons. The number of rotatable bonds is 8. The summed E-state index contributed by atoms with van der Waals surface area (Å²) in [6, 6.07) is 18.0. The van der Waals surface area contributed by atoms with E-state index < -0.39 is 180 Å². The maximum atomic E-state index is 10.2. The van der Waals surface area contributed by atoms with Crippen molar-refractivity contribution in [1.82, 2.24) is 14.1 Å². The maximum Gasteiger partial charge on any atom is 0.269 e. The first kappa shape index (κ1) is 22.8. The molecule has 0 bridgehead atoms. The van der Waals surface area contributed by atoms with Crippen LogP contribution < -0.4 is 9.30 Å². The highest BCUT2D eigenvalue weighted by Gasteiger charge is 2.37. The van der Waals surface area contributed by atoms with Crippen LogP contribution in [0.4, 0.5) is 0 Å². The molecule has 0 amide bonds. The maximum absolute atomic E-state index is 10.2. The van der Waals surface area contributed by atoms with Gasteiger partial charge in [-0.1, -0.05) is 175 Å². The highest BCUT2D eigenvalue weighted by atomic mass is 16.5. The lowest BCUT2D eigenvalue weighted by atomic mass is 9.63. The van der Waals surface area contributed by atoms with Crippen molar-refractivity contribution in [3.05, 3.63) is 223 Å². The molecule has 5 heteroatoms. The number of benzene rings is 8. The molecule has 0 radical (unpaired) electrons. The molecule has 0 saturated carbocycles. The predicted octanol–water partition coefficient (Wildman–Crippen LogP) is 16.6. The van der Waals surface area contributed by atoms with E-state index >= 15 is 0 Å². The molecule has 3 heterocycles. The van der Waals surface area contributed by atoms with Crippen molar-refractivity contribution in [1.29, 1.82) is 0 Å². The quantitative estimate of drug-likeness (QED) is 0.112. The van der Waals surface area contributed by atoms with Gasteiger partial charge in [0.1, 0.15) is 17.3 Å². The van der Waals surface area contributed by atoms with Crippen molar-refractivity contribution < 1.29 is 49.1 Å². The standard InChI is InChI=1S/C66H58N4O/c1-64(2,3)48-33-36-67-62(40-48)70-58-26-15-14-25-52(58)53-31-30-51(42-61(53)70)71-50-24-18-23-49(41-50)68-43-69(60-28-17-16-27-59(60)68)63-54(44-19-10-8-11-20-44)37-47(38-55(63)45-21-12-9-13-22-45)46-29-32-56-57(39-46)66(6,7)35-34-65(56,4)5/h8-33,36-42H,34-35H2,1-7H3/i4D3,5D3,6D3,7D3,8D,9D,10D,11D,12D,13D,19D,20D,21D,22D,29D,32D,34D2,35D2,39D. The highest BCUT2D eigenvalue weighted by molar-refractivity contribution is 6.09. The topological polar surface area (TPSA) is 35.9 Å².